The van der Waals surface area contributed by atoms with E-state index >= 15 is 0 Å². The molecule has 0 aromatic rings. The van der Waals surface area contributed by atoms with E-state index in [-0.39, 0.29) is 0 Å². The normalized spacial score (nSPS) is 15.6. The van der Waals surface area contributed by atoms with Crippen molar-refractivity contribution in [1.29, 1.82) is 0 Å². The number of nitrogens with one attached hydrogen (secondary N) is 1. The van der Waals surface area contributed by atoms with Crippen LogP contribution in [0.1, 0.15) is 40.5 Å². The molecule has 0 aliphatic heterocycles. The van der Waals surface area contributed by atoms with Gasteiger partial charge >= 0.3 is 0 Å². The van der Waals surface area contributed by atoms with Crippen LogP contribution in [0.15, 0.2) is 0 Å². The first-order valence-corrected chi connectivity index (χ1v) is 6.49. The van der Waals surface area contributed by atoms with E-state index in [1.165, 1.54) is 25.9 Å². The summed E-state index contributed by atoms with van der Waals surface area (Å²) in [6.07, 6.45) is 2.52. The average molecular weight is 214 g/mol. The lowest BCUT2D eigenvalue weighted by atomic mass is 10.1. The van der Waals surface area contributed by atoms with Gasteiger partial charge in [0.1, 0.15) is 0 Å². The molecule has 0 spiro atoms. The van der Waals surface area contributed by atoms with Crippen molar-refractivity contribution in [1.82, 2.24) is 10.2 Å². The molecule has 0 saturated heterocycles. The first kappa shape index (κ1) is 14.9. The summed E-state index contributed by atoms with van der Waals surface area (Å²) in [5, 5.41) is 3.48. The Morgan fingerprint density at radius 1 is 1.07 bits per heavy atom. The monoisotopic (exact) mass is 214 g/mol. The average Bonchev–Trinajstić information content (AvgIpc) is 2.17. The fraction of sp³-hybridized carbons (Fsp3) is 1.00. The minimum absolute atomic E-state index is 0.755. The Hall–Kier alpha value is -0.0800. The van der Waals surface area contributed by atoms with Crippen LogP contribution < -0.4 is 5.32 Å². The van der Waals surface area contributed by atoms with Gasteiger partial charge in [0.05, 0.1) is 0 Å². The Labute approximate surface area is 96.4 Å². The van der Waals surface area contributed by atoms with E-state index in [1.807, 2.05) is 0 Å². The van der Waals surface area contributed by atoms with Crippen LogP contribution in [0, 0.1) is 11.8 Å². The van der Waals surface area contributed by atoms with Gasteiger partial charge in [0.2, 0.25) is 0 Å². The molecule has 0 bridgehead atoms. The molecule has 0 saturated carbocycles. The van der Waals surface area contributed by atoms with Crippen LogP contribution in [0.4, 0.5) is 0 Å². The van der Waals surface area contributed by atoms with Gasteiger partial charge in [-0.15, -0.1) is 0 Å². The highest BCUT2D eigenvalue weighted by molar-refractivity contribution is 4.64. The zero-order valence-corrected chi connectivity index (χ0v) is 11.3. The van der Waals surface area contributed by atoms with Crippen LogP contribution in [0.5, 0.6) is 0 Å². The molecule has 15 heavy (non-hydrogen) atoms. The largest absolute Gasteiger partial charge is 0.316 e. The van der Waals surface area contributed by atoms with Crippen molar-refractivity contribution in [3.63, 3.8) is 0 Å². The molecule has 0 aromatic heterocycles. The first-order valence-electron chi connectivity index (χ1n) is 6.49. The lowest BCUT2D eigenvalue weighted by molar-refractivity contribution is 0.245. The summed E-state index contributed by atoms with van der Waals surface area (Å²) >= 11 is 0. The van der Waals surface area contributed by atoms with Gasteiger partial charge in [-0.3, -0.25) is 0 Å². The maximum atomic E-state index is 3.48. The molecule has 92 valence electrons. The van der Waals surface area contributed by atoms with E-state index in [4.69, 9.17) is 0 Å². The summed E-state index contributed by atoms with van der Waals surface area (Å²) in [5.74, 6) is 1.58. The van der Waals surface area contributed by atoms with Crippen LogP contribution in [0.2, 0.25) is 0 Å². The van der Waals surface area contributed by atoms with Crippen LogP contribution in [-0.2, 0) is 0 Å². The van der Waals surface area contributed by atoms with Crippen molar-refractivity contribution in [3.8, 4) is 0 Å². The minimum atomic E-state index is 0.755. The topological polar surface area (TPSA) is 15.3 Å². The van der Waals surface area contributed by atoms with Gasteiger partial charge in [-0.05, 0) is 38.4 Å². The van der Waals surface area contributed by atoms with Gasteiger partial charge in [0.15, 0.2) is 0 Å². The predicted octanol–water partition coefficient (Wildman–Crippen LogP) is 2.60. The van der Waals surface area contributed by atoms with Gasteiger partial charge in [0, 0.05) is 13.1 Å². The molecule has 0 aliphatic carbocycles. The van der Waals surface area contributed by atoms with Crippen LogP contribution >= 0.6 is 0 Å². The smallest absolute Gasteiger partial charge is 0.00162 e. The first-order chi connectivity index (χ1) is 7.10. The second-order valence-electron chi connectivity index (χ2n) is 5.04. The molecule has 0 fully saturated rings. The molecule has 0 heterocycles. The SMILES string of the molecule is CCCNCC(C)CN(C)CC(C)CC. The zero-order chi connectivity index (χ0) is 11.7. The van der Waals surface area contributed by atoms with Gasteiger partial charge in [-0.2, -0.15) is 0 Å². The lowest BCUT2D eigenvalue weighted by Gasteiger charge is -2.24. The fourth-order valence-electron chi connectivity index (χ4n) is 1.86. The molecule has 0 aliphatic rings. The molecule has 2 atom stereocenters. The molecule has 2 heteroatoms. The third-order valence-electron chi connectivity index (χ3n) is 2.86. The Kier molecular flexibility index (Phi) is 9.12. The number of rotatable bonds is 9. The Bertz CT molecular complexity index is 136. The molecule has 0 amide bonds. The Morgan fingerprint density at radius 3 is 2.20 bits per heavy atom. The Morgan fingerprint density at radius 2 is 1.67 bits per heavy atom. The van der Waals surface area contributed by atoms with Crippen molar-refractivity contribution >= 4 is 0 Å². The summed E-state index contributed by atoms with van der Waals surface area (Å²) in [6, 6.07) is 0. The number of hydrogen-bond donors (Lipinski definition) is 1. The third kappa shape index (κ3) is 8.88. The molecule has 2 unspecified atom stereocenters. The van der Waals surface area contributed by atoms with Crippen molar-refractivity contribution in [2.75, 3.05) is 33.2 Å². The second kappa shape index (κ2) is 9.17. The molecule has 0 rings (SSSR count). The molecule has 0 radical (unpaired) electrons. The van der Waals surface area contributed by atoms with Gasteiger partial charge in [-0.25, -0.2) is 0 Å². The summed E-state index contributed by atoms with van der Waals surface area (Å²) in [6.45, 7) is 13.9. The lowest BCUT2D eigenvalue weighted by Crippen LogP contribution is -2.33. The predicted molar refractivity (Wildman–Crippen MR) is 69.3 cm³/mol. The number of hydrogen-bond acceptors (Lipinski definition) is 2. The maximum Gasteiger partial charge on any atom is 0.00162 e. The van der Waals surface area contributed by atoms with E-state index < -0.39 is 0 Å². The van der Waals surface area contributed by atoms with Gasteiger partial charge < -0.3 is 10.2 Å². The second-order valence-corrected chi connectivity index (χ2v) is 5.04. The van der Waals surface area contributed by atoms with Gasteiger partial charge in [-0.1, -0.05) is 34.1 Å². The van der Waals surface area contributed by atoms with E-state index in [0.717, 1.165) is 24.9 Å². The van der Waals surface area contributed by atoms with E-state index in [0.29, 0.717) is 0 Å². The van der Waals surface area contributed by atoms with Crippen molar-refractivity contribution < 1.29 is 0 Å². The fourth-order valence-corrected chi connectivity index (χ4v) is 1.86. The highest BCUT2D eigenvalue weighted by Gasteiger charge is 2.08. The van der Waals surface area contributed by atoms with Crippen LogP contribution in [0.25, 0.3) is 0 Å². The van der Waals surface area contributed by atoms with Crippen molar-refractivity contribution in [2.45, 2.75) is 40.5 Å². The van der Waals surface area contributed by atoms with E-state index in [2.05, 4.69) is 45.0 Å². The molecule has 0 aromatic carbocycles. The van der Waals surface area contributed by atoms with Crippen LogP contribution in [-0.4, -0.2) is 38.1 Å². The molecule has 2 nitrogen and oxygen atoms in total. The van der Waals surface area contributed by atoms with Crippen LogP contribution in [0.3, 0.4) is 0 Å². The summed E-state index contributed by atoms with van der Waals surface area (Å²) in [7, 11) is 2.24. The van der Waals surface area contributed by atoms with Crippen molar-refractivity contribution in [3.05, 3.63) is 0 Å². The summed E-state index contributed by atoms with van der Waals surface area (Å²) in [4.78, 5) is 2.46. The number of nitrogens with zero attached hydrogens (tertiary/aromatic N) is 1. The molecular weight excluding hydrogens is 184 g/mol. The van der Waals surface area contributed by atoms with Crippen molar-refractivity contribution in [2.24, 2.45) is 11.8 Å². The molecular formula is C13H30N2. The summed E-state index contributed by atoms with van der Waals surface area (Å²) in [5.41, 5.74) is 0. The standard InChI is InChI=1S/C13H30N2/c1-6-8-14-9-13(4)11-15(5)10-12(3)7-2/h12-14H,6-11H2,1-5H3. The minimum Gasteiger partial charge on any atom is -0.316 e. The van der Waals surface area contributed by atoms with E-state index in [1.54, 1.807) is 0 Å². The summed E-state index contributed by atoms with van der Waals surface area (Å²) < 4.78 is 0. The third-order valence-corrected chi connectivity index (χ3v) is 2.86. The zero-order valence-electron chi connectivity index (χ0n) is 11.3. The molecule has 1 N–H and O–H groups in total. The highest BCUT2D eigenvalue weighted by atomic mass is 15.1. The Balaban J connectivity index is 3.52. The quantitative estimate of drug-likeness (QED) is 0.594. The maximum absolute atomic E-state index is 3.48. The highest BCUT2D eigenvalue weighted by Crippen LogP contribution is 2.04. The van der Waals surface area contributed by atoms with Gasteiger partial charge in [0.25, 0.3) is 0 Å². The van der Waals surface area contributed by atoms with E-state index in [9.17, 15) is 0 Å².